The SMILES string of the molecule is CC[C@H](C)[C@H](NC(=O)OC(C)(C)C)C(=O)Oc1ccc2c(=O)c(-c3ccc(F)cc3)coc2c1. The van der Waals surface area contributed by atoms with Crippen LogP contribution < -0.4 is 15.5 Å². The van der Waals surface area contributed by atoms with Gasteiger partial charge in [0.1, 0.15) is 35.1 Å². The molecule has 34 heavy (non-hydrogen) atoms. The normalized spacial score (nSPS) is 13.2. The van der Waals surface area contributed by atoms with Crippen molar-refractivity contribution in [1.82, 2.24) is 5.32 Å². The van der Waals surface area contributed by atoms with E-state index in [4.69, 9.17) is 13.9 Å². The highest BCUT2D eigenvalue weighted by Crippen LogP contribution is 2.24. The number of hydrogen-bond donors (Lipinski definition) is 1. The number of benzene rings is 2. The molecule has 0 spiro atoms. The number of rotatable bonds is 6. The Morgan fingerprint density at radius 1 is 1.12 bits per heavy atom. The van der Waals surface area contributed by atoms with Gasteiger partial charge in [0.25, 0.3) is 0 Å². The zero-order valence-corrected chi connectivity index (χ0v) is 19.8. The first-order valence-electron chi connectivity index (χ1n) is 11.0. The fourth-order valence-corrected chi connectivity index (χ4v) is 3.28. The van der Waals surface area contributed by atoms with Crippen LogP contribution in [0.15, 0.2) is 57.9 Å². The molecule has 0 radical (unpaired) electrons. The van der Waals surface area contributed by atoms with Crippen molar-refractivity contribution in [2.75, 3.05) is 0 Å². The molecular formula is C26H28FNO6. The number of nitrogens with one attached hydrogen (secondary N) is 1. The van der Waals surface area contributed by atoms with Gasteiger partial charge in [-0.25, -0.2) is 14.0 Å². The number of halogens is 1. The zero-order valence-electron chi connectivity index (χ0n) is 19.8. The fraction of sp³-hybridized carbons (Fsp3) is 0.346. The molecule has 8 heteroatoms. The summed E-state index contributed by atoms with van der Waals surface area (Å²) in [5, 5.41) is 2.87. The van der Waals surface area contributed by atoms with Crippen LogP contribution >= 0.6 is 0 Å². The summed E-state index contributed by atoms with van der Waals surface area (Å²) < 4.78 is 29.6. The molecule has 1 N–H and O–H groups in total. The van der Waals surface area contributed by atoms with Crippen LogP contribution in [0, 0.1) is 11.7 Å². The van der Waals surface area contributed by atoms with Crippen molar-refractivity contribution >= 4 is 23.0 Å². The minimum atomic E-state index is -0.927. The third-order valence-corrected chi connectivity index (χ3v) is 5.26. The molecule has 0 fully saturated rings. The van der Waals surface area contributed by atoms with Crippen LogP contribution in [0.4, 0.5) is 9.18 Å². The van der Waals surface area contributed by atoms with Crippen molar-refractivity contribution < 1.29 is 27.9 Å². The van der Waals surface area contributed by atoms with Gasteiger partial charge in [-0.3, -0.25) is 4.79 Å². The van der Waals surface area contributed by atoms with E-state index < -0.39 is 29.5 Å². The second-order valence-corrected chi connectivity index (χ2v) is 9.07. The average molecular weight is 470 g/mol. The summed E-state index contributed by atoms with van der Waals surface area (Å²) in [7, 11) is 0. The molecular weight excluding hydrogens is 441 g/mol. The second-order valence-electron chi connectivity index (χ2n) is 9.07. The lowest BCUT2D eigenvalue weighted by Crippen LogP contribution is -2.48. The first kappa shape index (κ1) is 25.0. The van der Waals surface area contributed by atoms with Gasteiger partial charge < -0.3 is 19.2 Å². The summed E-state index contributed by atoms with van der Waals surface area (Å²) in [6.45, 7) is 8.90. The van der Waals surface area contributed by atoms with Crippen molar-refractivity contribution in [3.63, 3.8) is 0 Å². The highest BCUT2D eigenvalue weighted by Gasteiger charge is 2.30. The predicted octanol–water partition coefficient (Wildman–Crippen LogP) is 5.44. The highest BCUT2D eigenvalue weighted by molar-refractivity contribution is 5.86. The molecule has 7 nitrogen and oxygen atoms in total. The van der Waals surface area contributed by atoms with Gasteiger partial charge in [0.05, 0.1) is 10.9 Å². The Morgan fingerprint density at radius 3 is 2.41 bits per heavy atom. The topological polar surface area (TPSA) is 94.8 Å². The van der Waals surface area contributed by atoms with Crippen molar-refractivity contribution in [1.29, 1.82) is 0 Å². The number of carbonyl (C=O) groups is 2. The third kappa shape index (κ3) is 6.01. The Hall–Kier alpha value is -3.68. The first-order chi connectivity index (χ1) is 16.0. The van der Waals surface area contributed by atoms with E-state index in [9.17, 15) is 18.8 Å². The van der Waals surface area contributed by atoms with Gasteiger partial charge in [-0.05, 0) is 56.5 Å². The Labute approximate surface area is 196 Å². The molecule has 0 aliphatic carbocycles. The smallest absolute Gasteiger partial charge is 0.408 e. The summed E-state index contributed by atoms with van der Waals surface area (Å²) in [6.07, 6.45) is 1.19. The molecule has 1 amide bonds. The molecule has 2 aromatic carbocycles. The molecule has 3 rings (SSSR count). The monoisotopic (exact) mass is 469 g/mol. The minimum Gasteiger partial charge on any atom is -0.463 e. The summed E-state index contributed by atoms with van der Waals surface area (Å²) in [4.78, 5) is 38.0. The molecule has 3 aromatic rings. The lowest BCUT2D eigenvalue weighted by Gasteiger charge is -2.25. The second kappa shape index (κ2) is 10.1. The third-order valence-electron chi connectivity index (χ3n) is 5.26. The van der Waals surface area contributed by atoms with Crippen molar-refractivity contribution in [3.8, 4) is 16.9 Å². The predicted molar refractivity (Wildman–Crippen MR) is 126 cm³/mol. The molecule has 0 aliphatic heterocycles. The minimum absolute atomic E-state index is 0.162. The van der Waals surface area contributed by atoms with Gasteiger partial charge in [-0.2, -0.15) is 0 Å². The van der Waals surface area contributed by atoms with Crippen LogP contribution in [0.25, 0.3) is 22.1 Å². The maximum atomic E-state index is 13.2. The first-order valence-corrected chi connectivity index (χ1v) is 11.0. The van der Waals surface area contributed by atoms with E-state index in [1.54, 1.807) is 20.8 Å². The summed E-state index contributed by atoms with van der Waals surface area (Å²) >= 11 is 0. The van der Waals surface area contributed by atoms with Gasteiger partial charge >= 0.3 is 12.1 Å². The van der Waals surface area contributed by atoms with Crippen LogP contribution in [-0.4, -0.2) is 23.7 Å². The Kier molecular flexibility index (Phi) is 7.39. The van der Waals surface area contributed by atoms with E-state index in [2.05, 4.69) is 5.32 Å². The lowest BCUT2D eigenvalue weighted by molar-refractivity contribution is -0.138. The van der Waals surface area contributed by atoms with Gasteiger partial charge in [-0.1, -0.05) is 32.4 Å². The molecule has 2 atom stereocenters. The number of fused-ring (bicyclic) bond motifs is 1. The zero-order chi connectivity index (χ0) is 25.0. The van der Waals surface area contributed by atoms with Crippen molar-refractivity contribution in [3.05, 3.63) is 64.8 Å². The van der Waals surface area contributed by atoms with E-state index in [1.807, 2.05) is 13.8 Å². The molecule has 0 unspecified atom stereocenters. The molecule has 0 bridgehead atoms. The van der Waals surface area contributed by atoms with Crippen LogP contribution in [0.3, 0.4) is 0 Å². The average Bonchev–Trinajstić information content (AvgIpc) is 2.76. The van der Waals surface area contributed by atoms with Crippen LogP contribution in [0.5, 0.6) is 5.75 Å². The summed E-state index contributed by atoms with van der Waals surface area (Å²) in [5.74, 6) is -1.12. The Balaban J connectivity index is 1.83. The summed E-state index contributed by atoms with van der Waals surface area (Å²) in [6, 6.07) is 9.00. The van der Waals surface area contributed by atoms with Gasteiger partial charge in [-0.15, -0.1) is 0 Å². The molecule has 0 saturated heterocycles. The van der Waals surface area contributed by atoms with E-state index in [0.717, 1.165) is 0 Å². The van der Waals surface area contributed by atoms with Crippen LogP contribution in [-0.2, 0) is 9.53 Å². The molecule has 1 heterocycles. The van der Waals surface area contributed by atoms with Gasteiger partial charge in [0, 0.05) is 6.07 Å². The van der Waals surface area contributed by atoms with E-state index in [-0.39, 0.29) is 33.6 Å². The number of amides is 1. The molecule has 0 saturated carbocycles. The molecule has 180 valence electrons. The fourth-order valence-electron chi connectivity index (χ4n) is 3.28. The number of hydrogen-bond acceptors (Lipinski definition) is 6. The summed E-state index contributed by atoms with van der Waals surface area (Å²) in [5.41, 5.74) is 0.0281. The quantitative estimate of drug-likeness (QED) is 0.381. The standard InChI is InChI=1S/C26H28FNO6/c1-6-15(2)22(28-25(31)34-26(3,4)5)24(30)33-18-11-12-19-21(13-18)32-14-20(23(19)29)16-7-9-17(27)10-8-16/h7-15,22H,6H2,1-5H3,(H,28,31)/t15-,22-/m0/s1. The number of carbonyl (C=O) groups excluding carboxylic acids is 2. The largest absolute Gasteiger partial charge is 0.463 e. The van der Waals surface area contributed by atoms with E-state index >= 15 is 0 Å². The maximum absolute atomic E-state index is 13.2. The lowest BCUT2D eigenvalue weighted by atomic mass is 9.99. The van der Waals surface area contributed by atoms with Gasteiger partial charge in [0.15, 0.2) is 5.43 Å². The van der Waals surface area contributed by atoms with E-state index in [0.29, 0.717) is 12.0 Å². The van der Waals surface area contributed by atoms with Crippen molar-refractivity contribution in [2.45, 2.75) is 52.7 Å². The van der Waals surface area contributed by atoms with Gasteiger partial charge in [0.2, 0.25) is 0 Å². The maximum Gasteiger partial charge on any atom is 0.408 e. The Morgan fingerprint density at radius 2 is 1.79 bits per heavy atom. The number of ether oxygens (including phenoxy) is 2. The Bertz CT molecular complexity index is 1240. The van der Waals surface area contributed by atoms with Crippen molar-refractivity contribution in [2.24, 2.45) is 5.92 Å². The van der Waals surface area contributed by atoms with Crippen LogP contribution in [0.2, 0.25) is 0 Å². The van der Waals surface area contributed by atoms with Crippen LogP contribution in [0.1, 0.15) is 41.0 Å². The number of alkyl carbamates (subject to hydrolysis) is 1. The number of esters is 1. The molecule has 0 aliphatic rings. The highest BCUT2D eigenvalue weighted by atomic mass is 19.1. The van der Waals surface area contributed by atoms with E-state index in [1.165, 1.54) is 48.7 Å². The molecule has 1 aromatic heterocycles.